The maximum Gasteiger partial charge on any atom is 0.345 e. The number of aromatic nitrogens is 1. The summed E-state index contributed by atoms with van der Waals surface area (Å²) in [5.41, 5.74) is 0.356. The van der Waals surface area contributed by atoms with Crippen molar-refractivity contribution < 1.29 is 4.92 Å². The van der Waals surface area contributed by atoms with Gasteiger partial charge in [0.25, 0.3) is 0 Å². The van der Waals surface area contributed by atoms with Crippen LogP contribution in [-0.4, -0.2) is 16.5 Å². The number of rotatable bonds is 6. The van der Waals surface area contributed by atoms with Gasteiger partial charge in [0.05, 0.1) is 4.92 Å². The minimum absolute atomic E-state index is 0.104. The minimum Gasteiger partial charge on any atom is -0.361 e. The molecular formula is C13H21N3O2S. The zero-order chi connectivity index (χ0) is 13.9. The van der Waals surface area contributed by atoms with Crippen molar-refractivity contribution in [2.75, 3.05) is 11.9 Å². The Labute approximate surface area is 117 Å². The van der Waals surface area contributed by atoms with E-state index < -0.39 is 0 Å². The summed E-state index contributed by atoms with van der Waals surface area (Å²) in [6.45, 7) is 5.40. The Balaban J connectivity index is 1.96. The van der Waals surface area contributed by atoms with Gasteiger partial charge in [0.15, 0.2) is 5.13 Å². The molecule has 1 heterocycles. The first-order valence-corrected chi connectivity index (χ1v) is 7.66. The minimum atomic E-state index is -0.387. The average molecular weight is 283 g/mol. The topological polar surface area (TPSA) is 68.1 Å². The van der Waals surface area contributed by atoms with Gasteiger partial charge in [-0.2, -0.15) is 0 Å². The summed E-state index contributed by atoms with van der Waals surface area (Å²) in [6.07, 6.45) is 7.65. The molecule has 1 aromatic rings. The first-order valence-electron chi connectivity index (χ1n) is 6.85. The highest BCUT2D eigenvalue weighted by Crippen LogP contribution is 2.43. The van der Waals surface area contributed by atoms with Gasteiger partial charge < -0.3 is 5.32 Å². The summed E-state index contributed by atoms with van der Waals surface area (Å²) >= 11 is 1.12. The summed E-state index contributed by atoms with van der Waals surface area (Å²) in [7, 11) is 0. The van der Waals surface area contributed by atoms with E-state index in [-0.39, 0.29) is 9.92 Å². The molecule has 5 nitrogen and oxygen atoms in total. The van der Waals surface area contributed by atoms with E-state index in [0.29, 0.717) is 16.5 Å². The summed E-state index contributed by atoms with van der Waals surface area (Å²) in [5.74, 6) is 0.686. The molecule has 0 bridgehead atoms. The molecular weight excluding hydrogens is 262 g/mol. The second-order valence-corrected chi connectivity index (χ2v) is 6.93. The molecule has 1 aliphatic rings. The van der Waals surface area contributed by atoms with E-state index in [0.717, 1.165) is 17.9 Å². The SMILES string of the molecule is CC(C)CC1(CNc2ncc([N+](=O)[O-])s2)CCCC1. The lowest BCUT2D eigenvalue weighted by molar-refractivity contribution is -0.380. The third-order valence-corrected chi connectivity index (χ3v) is 4.70. The van der Waals surface area contributed by atoms with Crippen molar-refractivity contribution in [2.24, 2.45) is 11.3 Å². The van der Waals surface area contributed by atoms with Crippen molar-refractivity contribution in [3.05, 3.63) is 16.3 Å². The van der Waals surface area contributed by atoms with E-state index in [4.69, 9.17) is 0 Å². The Kier molecular flexibility index (Phi) is 4.39. The molecule has 1 saturated carbocycles. The van der Waals surface area contributed by atoms with Gasteiger partial charge in [0.1, 0.15) is 6.20 Å². The van der Waals surface area contributed by atoms with Gasteiger partial charge in [-0.1, -0.05) is 26.7 Å². The van der Waals surface area contributed by atoms with E-state index in [1.807, 2.05) is 0 Å². The molecule has 1 aliphatic carbocycles. The number of anilines is 1. The Morgan fingerprint density at radius 1 is 1.53 bits per heavy atom. The van der Waals surface area contributed by atoms with Crippen LogP contribution in [0.3, 0.4) is 0 Å². The molecule has 0 aliphatic heterocycles. The van der Waals surface area contributed by atoms with E-state index in [1.165, 1.54) is 38.3 Å². The van der Waals surface area contributed by atoms with Gasteiger partial charge in [0, 0.05) is 6.54 Å². The smallest absolute Gasteiger partial charge is 0.345 e. The van der Waals surface area contributed by atoms with E-state index in [9.17, 15) is 10.1 Å². The van der Waals surface area contributed by atoms with Crippen LogP contribution in [0.25, 0.3) is 0 Å². The third-order valence-electron chi connectivity index (χ3n) is 3.79. The molecule has 1 aromatic heterocycles. The highest BCUT2D eigenvalue weighted by atomic mass is 32.1. The molecule has 106 valence electrons. The van der Waals surface area contributed by atoms with Gasteiger partial charge in [-0.3, -0.25) is 10.1 Å². The quantitative estimate of drug-likeness (QED) is 0.631. The maximum absolute atomic E-state index is 10.6. The second kappa shape index (κ2) is 5.86. The predicted molar refractivity (Wildman–Crippen MR) is 77.6 cm³/mol. The summed E-state index contributed by atoms with van der Waals surface area (Å²) < 4.78 is 0. The zero-order valence-corrected chi connectivity index (χ0v) is 12.3. The fourth-order valence-corrected chi connectivity index (χ4v) is 3.77. The average Bonchev–Trinajstić information content (AvgIpc) is 2.94. The third kappa shape index (κ3) is 3.65. The van der Waals surface area contributed by atoms with Crippen molar-refractivity contribution in [3.8, 4) is 0 Å². The molecule has 1 N–H and O–H groups in total. The van der Waals surface area contributed by atoms with Crippen LogP contribution in [0.5, 0.6) is 0 Å². The normalized spacial score (nSPS) is 17.8. The molecule has 0 unspecified atom stereocenters. The molecule has 1 fully saturated rings. The highest BCUT2D eigenvalue weighted by Gasteiger charge is 2.34. The Morgan fingerprint density at radius 2 is 2.21 bits per heavy atom. The number of thiazole rings is 1. The summed E-state index contributed by atoms with van der Waals surface area (Å²) in [6, 6.07) is 0. The monoisotopic (exact) mass is 283 g/mol. The molecule has 0 spiro atoms. The van der Waals surface area contributed by atoms with E-state index in [2.05, 4.69) is 24.1 Å². The first-order chi connectivity index (χ1) is 9.01. The van der Waals surface area contributed by atoms with Crippen LogP contribution in [0.4, 0.5) is 10.1 Å². The van der Waals surface area contributed by atoms with Gasteiger partial charge >= 0.3 is 5.00 Å². The Morgan fingerprint density at radius 3 is 2.74 bits per heavy atom. The number of nitrogens with zero attached hydrogens (tertiary/aromatic N) is 2. The Hall–Kier alpha value is -1.17. The van der Waals surface area contributed by atoms with Crippen LogP contribution in [0.2, 0.25) is 0 Å². The van der Waals surface area contributed by atoms with Crippen LogP contribution in [0.15, 0.2) is 6.20 Å². The molecule has 6 heteroatoms. The largest absolute Gasteiger partial charge is 0.361 e. The fourth-order valence-electron chi connectivity index (χ4n) is 3.14. The lowest BCUT2D eigenvalue weighted by atomic mass is 9.78. The molecule has 19 heavy (non-hydrogen) atoms. The van der Waals surface area contributed by atoms with Crippen molar-refractivity contribution >= 4 is 21.5 Å². The van der Waals surface area contributed by atoms with Crippen molar-refractivity contribution in [3.63, 3.8) is 0 Å². The van der Waals surface area contributed by atoms with Gasteiger partial charge in [-0.25, -0.2) is 4.98 Å². The summed E-state index contributed by atoms with van der Waals surface area (Å²) in [5, 5.41) is 14.7. The standard InChI is InChI=1S/C13H21N3O2S/c1-10(2)7-13(5-3-4-6-13)9-15-12-14-8-11(19-12)16(17)18/h8,10H,3-7,9H2,1-2H3,(H,14,15). The maximum atomic E-state index is 10.6. The molecule has 2 rings (SSSR count). The fraction of sp³-hybridized carbons (Fsp3) is 0.769. The van der Waals surface area contributed by atoms with Crippen LogP contribution in [0, 0.1) is 21.4 Å². The van der Waals surface area contributed by atoms with E-state index >= 15 is 0 Å². The van der Waals surface area contributed by atoms with Gasteiger partial charge in [0.2, 0.25) is 0 Å². The Bertz CT molecular complexity index is 439. The van der Waals surface area contributed by atoms with Crippen LogP contribution < -0.4 is 5.32 Å². The van der Waals surface area contributed by atoms with Crippen molar-refractivity contribution in [2.45, 2.75) is 46.0 Å². The molecule has 0 radical (unpaired) electrons. The molecule has 0 aromatic carbocycles. The predicted octanol–water partition coefficient (Wildman–Crippen LogP) is 4.07. The van der Waals surface area contributed by atoms with Crippen LogP contribution >= 0.6 is 11.3 Å². The first kappa shape index (κ1) is 14.2. The molecule has 0 saturated heterocycles. The molecule has 0 amide bonds. The molecule has 0 atom stereocenters. The number of nitrogens with one attached hydrogen (secondary N) is 1. The lowest BCUT2D eigenvalue weighted by Gasteiger charge is -2.31. The van der Waals surface area contributed by atoms with Crippen molar-refractivity contribution in [1.29, 1.82) is 0 Å². The number of hydrogen-bond acceptors (Lipinski definition) is 5. The van der Waals surface area contributed by atoms with Crippen LogP contribution in [0.1, 0.15) is 46.0 Å². The number of hydrogen-bond donors (Lipinski definition) is 1. The van der Waals surface area contributed by atoms with E-state index in [1.54, 1.807) is 0 Å². The van der Waals surface area contributed by atoms with Crippen molar-refractivity contribution in [1.82, 2.24) is 4.98 Å². The second-order valence-electron chi connectivity index (χ2n) is 5.92. The summed E-state index contributed by atoms with van der Waals surface area (Å²) in [4.78, 5) is 14.3. The van der Waals surface area contributed by atoms with Gasteiger partial charge in [-0.05, 0) is 41.9 Å². The highest BCUT2D eigenvalue weighted by molar-refractivity contribution is 7.18. The lowest BCUT2D eigenvalue weighted by Crippen LogP contribution is -2.28. The van der Waals surface area contributed by atoms with Crippen LogP contribution in [-0.2, 0) is 0 Å². The zero-order valence-electron chi connectivity index (χ0n) is 11.5. The number of nitro groups is 1. The van der Waals surface area contributed by atoms with Gasteiger partial charge in [-0.15, -0.1) is 0 Å².